The Morgan fingerprint density at radius 2 is 1.83 bits per heavy atom. The number of anilines is 1. The number of hydrogen-bond acceptors (Lipinski definition) is 3. The highest BCUT2D eigenvalue weighted by molar-refractivity contribution is 9.10. The van der Waals surface area contributed by atoms with E-state index >= 15 is 0 Å². The van der Waals surface area contributed by atoms with Crippen LogP contribution in [-0.2, 0) is 9.84 Å². The summed E-state index contributed by atoms with van der Waals surface area (Å²) in [5.41, 5.74) is 0.635. The van der Waals surface area contributed by atoms with Crippen molar-refractivity contribution in [3.8, 4) is 0 Å². The normalized spacial score (nSPS) is 11.6. The van der Waals surface area contributed by atoms with Gasteiger partial charge in [-0.1, -0.05) is 46.1 Å². The third-order valence-electron chi connectivity index (χ3n) is 2.38. The molecule has 18 heavy (non-hydrogen) atoms. The topological polar surface area (TPSA) is 46.2 Å². The van der Waals surface area contributed by atoms with Crippen LogP contribution in [0.2, 0.25) is 10.0 Å². The number of nitrogens with one attached hydrogen (secondary N) is 1. The maximum absolute atomic E-state index is 11.3. The molecular weight excluding hydrogens is 361 g/mol. The highest BCUT2D eigenvalue weighted by Crippen LogP contribution is 2.33. The number of benzene rings is 1. The Balaban J connectivity index is 2.55. The zero-order chi connectivity index (χ0) is 13.8. The van der Waals surface area contributed by atoms with Crippen molar-refractivity contribution in [2.45, 2.75) is 13.3 Å². The average Bonchev–Trinajstić information content (AvgIpc) is 2.26. The first-order chi connectivity index (χ1) is 8.35. The molecule has 0 amide bonds. The fraction of sp³-hybridized carbons (Fsp3) is 0.455. The largest absolute Gasteiger partial charge is 0.383 e. The Morgan fingerprint density at radius 1 is 1.28 bits per heavy atom. The maximum atomic E-state index is 11.3. The van der Waals surface area contributed by atoms with E-state index in [-0.39, 0.29) is 11.5 Å². The lowest BCUT2D eigenvalue weighted by molar-refractivity contribution is 0.595. The minimum absolute atomic E-state index is 0.169. The van der Waals surface area contributed by atoms with Crippen LogP contribution in [0, 0.1) is 0 Å². The van der Waals surface area contributed by atoms with Crippen molar-refractivity contribution in [1.29, 1.82) is 0 Å². The SMILES string of the molecule is CCS(=O)(=O)CCCNc1c(Cl)cc(Br)cc1Cl. The van der Waals surface area contributed by atoms with Crippen molar-refractivity contribution < 1.29 is 8.42 Å². The van der Waals surface area contributed by atoms with Crippen molar-refractivity contribution in [1.82, 2.24) is 0 Å². The van der Waals surface area contributed by atoms with Gasteiger partial charge in [0.05, 0.1) is 21.5 Å². The van der Waals surface area contributed by atoms with Crippen LogP contribution in [0.25, 0.3) is 0 Å². The molecule has 1 aromatic carbocycles. The zero-order valence-corrected chi connectivity index (χ0v) is 13.8. The number of rotatable bonds is 6. The van der Waals surface area contributed by atoms with Crippen molar-refractivity contribution >= 4 is 54.7 Å². The van der Waals surface area contributed by atoms with Crippen molar-refractivity contribution in [2.75, 3.05) is 23.4 Å². The fourth-order valence-electron chi connectivity index (χ4n) is 1.36. The van der Waals surface area contributed by atoms with Crippen LogP contribution in [-0.4, -0.2) is 26.5 Å². The third-order valence-corrected chi connectivity index (χ3v) is 5.22. The molecule has 1 rings (SSSR count). The molecule has 7 heteroatoms. The van der Waals surface area contributed by atoms with Crippen LogP contribution in [0.1, 0.15) is 13.3 Å². The molecule has 3 nitrogen and oxygen atoms in total. The minimum Gasteiger partial charge on any atom is -0.383 e. The molecule has 102 valence electrons. The molecule has 0 radical (unpaired) electrons. The molecule has 0 saturated heterocycles. The van der Waals surface area contributed by atoms with Crippen LogP contribution < -0.4 is 5.32 Å². The third kappa shape index (κ3) is 4.96. The van der Waals surface area contributed by atoms with E-state index in [2.05, 4.69) is 21.2 Å². The standard InChI is InChI=1S/C11H14BrCl2NO2S/c1-2-18(16,17)5-3-4-15-11-9(13)6-8(12)7-10(11)14/h6-7,15H,2-5H2,1H3. The molecule has 0 fully saturated rings. The highest BCUT2D eigenvalue weighted by Gasteiger charge is 2.09. The average molecular weight is 375 g/mol. The van der Waals surface area contributed by atoms with Gasteiger partial charge in [-0.2, -0.15) is 0 Å². The monoisotopic (exact) mass is 373 g/mol. The molecule has 0 aromatic heterocycles. The van der Waals surface area contributed by atoms with E-state index in [1.807, 2.05) is 0 Å². The number of hydrogen-bond donors (Lipinski definition) is 1. The lowest BCUT2D eigenvalue weighted by Gasteiger charge is -2.10. The van der Waals surface area contributed by atoms with Crippen LogP contribution >= 0.6 is 39.1 Å². The van der Waals surface area contributed by atoms with Gasteiger partial charge in [0.25, 0.3) is 0 Å². The molecule has 0 unspecified atom stereocenters. The molecule has 0 atom stereocenters. The van der Waals surface area contributed by atoms with Gasteiger partial charge < -0.3 is 5.32 Å². The number of sulfone groups is 1. The predicted octanol–water partition coefficient (Wildman–Crippen LogP) is 3.99. The van der Waals surface area contributed by atoms with E-state index in [4.69, 9.17) is 23.2 Å². The molecule has 0 aliphatic carbocycles. The Bertz CT molecular complexity index is 497. The minimum atomic E-state index is -2.91. The Kier molecular flexibility index (Phi) is 6.24. The van der Waals surface area contributed by atoms with Crippen LogP contribution in [0.5, 0.6) is 0 Å². The first kappa shape index (κ1) is 16.1. The Morgan fingerprint density at radius 3 is 2.33 bits per heavy atom. The second-order valence-electron chi connectivity index (χ2n) is 3.76. The van der Waals surface area contributed by atoms with Crippen molar-refractivity contribution in [2.24, 2.45) is 0 Å². The predicted molar refractivity (Wildman–Crippen MR) is 81.6 cm³/mol. The summed E-state index contributed by atoms with van der Waals surface area (Å²) in [6.07, 6.45) is 0.527. The summed E-state index contributed by atoms with van der Waals surface area (Å²) in [6, 6.07) is 3.47. The van der Waals surface area contributed by atoms with Gasteiger partial charge in [-0.25, -0.2) is 8.42 Å². The van der Waals surface area contributed by atoms with Gasteiger partial charge in [0.2, 0.25) is 0 Å². The molecule has 0 bridgehead atoms. The van der Waals surface area contributed by atoms with Crippen LogP contribution in [0.4, 0.5) is 5.69 Å². The van der Waals surface area contributed by atoms with E-state index in [9.17, 15) is 8.42 Å². The van der Waals surface area contributed by atoms with Gasteiger partial charge in [-0.05, 0) is 18.6 Å². The summed E-state index contributed by atoms with van der Waals surface area (Å²) < 4.78 is 23.4. The lowest BCUT2D eigenvalue weighted by atomic mass is 10.3. The van der Waals surface area contributed by atoms with E-state index < -0.39 is 9.84 Å². The van der Waals surface area contributed by atoms with E-state index in [0.717, 1.165) is 4.47 Å². The van der Waals surface area contributed by atoms with E-state index in [0.29, 0.717) is 28.7 Å². The van der Waals surface area contributed by atoms with Crippen molar-refractivity contribution in [3.05, 3.63) is 26.7 Å². The fourth-order valence-corrected chi connectivity index (χ4v) is 3.58. The molecule has 0 heterocycles. The lowest BCUT2D eigenvalue weighted by Crippen LogP contribution is -2.13. The quantitative estimate of drug-likeness (QED) is 0.765. The van der Waals surface area contributed by atoms with Gasteiger partial charge in [-0.3, -0.25) is 0 Å². The molecule has 1 N–H and O–H groups in total. The smallest absolute Gasteiger partial charge is 0.150 e. The van der Waals surface area contributed by atoms with Crippen LogP contribution in [0.3, 0.4) is 0 Å². The summed E-state index contributed by atoms with van der Waals surface area (Å²) in [5.74, 6) is 0.342. The molecule has 0 saturated carbocycles. The summed E-state index contributed by atoms with van der Waals surface area (Å²) in [4.78, 5) is 0. The first-order valence-corrected chi connectivity index (χ1v) is 8.81. The van der Waals surface area contributed by atoms with Gasteiger partial charge in [0.15, 0.2) is 0 Å². The Hall–Kier alpha value is 0.0300. The summed E-state index contributed by atoms with van der Waals surface area (Å²) >= 11 is 15.4. The highest BCUT2D eigenvalue weighted by atomic mass is 79.9. The van der Waals surface area contributed by atoms with Gasteiger partial charge >= 0.3 is 0 Å². The second-order valence-corrected chi connectivity index (χ2v) is 7.96. The first-order valence-electron chi connectivity index (χ1n) is 5.44. The number of halogens is 3. The molecule has 0 aliphatic heterocycles. The molecular formula is C11H14BrCl2NO2S. The van der Waals surface area contributed by atoms with Gasteiger partial charge in [-0.15, -0.1) is 0 Å². The molecule has 0 aliphatic rings. The van der Waals surface area contributed by atoms with Crippen molar-refractivity contribution in [3.63, 3.8) is 0 Å². The summed E-state index contributed by atoms with van der Waals surface area (Å²) in [6.45, 7) is 2.16. The van der Waals surface area contributed by atoms with E-state index in [1.165, 1.54) is 0 Å². The maximum Gasteiger partial charge on any atom is 0.150 e. The summed E-state index contributed by atoms with van der Waals surface area (Å²) in [5, 5.41) is 4.07. The van der Waals surface area contributed by atoms with Gasteiger partial charge in [0, 0.05) is 16.8 Å². The van der Waals surface area contributed by atoms with Crippen LogP contribution in [0.15, 0.2) is 16.6 Å². The summed E-state index contributed by atoms with van der Waals surface area (Å²) in [7, 11) is -2.91. The molecule has 1 aromatic rings. The second kappa shape index (κ2) is 6.98. The zero-order valence-electron chi connectivity index (χ0n) is 9.84. The Labute approximate surface area is 126 Å². The van der Waals surface area contributed by atoms with Gasteiger partial charge in [0.1, 0.15) is 9.84 Å². The molecule has 0 spiro atoms. The van der Waals surface area contributed by atoms with E-state index in [1.54, 1.807) is 19.1 Å².